The summed E-state index contributed by atoms with van der Waals surface area (Å²) in [6, 6.07) is 0.634. The molecule has 0 bridgehead atoms. The Hall–Kier alpha value is -0.130. The second-order valence-corrected chi connectivity index (χ2v) is 6.25. The van der Waals surface area contributed by atoms with Crippen molar-refractivity contribution >= 4 is 9.84 Å². The van der Waals surface area contributed by atoms with E-state index in [1.54, 1.807) is 7.11 Å². The average molecular weight is 221 g/mol. The fourth-order valence-corrected chi connectivity index (χ4v) is 3.25. The van der Waals surface area contributed by atoms with Crippen molar-refractivity contribution in [3.63, 3.8) is 0 Å². The smallest absolute Gasteiger partial charge is 0.150 e. The van der Waals surface area contributed by atoms with Gasteiger partial charge >= 0.3 is 0 Å². The highest BCUT2D eigenvalue weighted by atomic mass is 32.2. The first-order chi connectivity index (χ1) is 6.53. The number of ether oxygens (including phenoxy) is 1. The average Bonchev–Trinajstić information content (AvgIpc) is 2.09. The molecular weight excluding hydrogens is 202 g/mol. The Kier molecular flexibility index (Phi) is 4.34. The molecule has 0 amide bonds. The lowest BCUT2D eigenvalue weighted by molar-refractivity contribution is 0.165. The molecule has 0 saturated carbocycles. The highest BCUT2D eigenvalue weighted by Crippen LogP contribution is 2.12. The molecule has 1 unspecified atom stereocenters. The predicted molar refractivity (Wildman–Crippen MR) is 56.1 cm³/mol. The van der Waals surface area contributed by atoms with Crippen LogP contribution in [0.15, 0.2) is 0 Å². The summed E-state index contributed by atoms with van der Waals surface area (Å²) < 4.78 is 27.3. The van der Waals surface area contributed by atoms with Crippen LogP contribution in [0.2, 0.25) is 0 Å². The van der Waals surface area contributed by atoms with E-state index in [4.69, 9.17) is 4.74 Å². The quantitative estimate of drug-likeness (QED) is 0.736. The van der Waals surface area contributed by atoms with Crippen LogP contribution in [0.3, 0.4) is 0 Å². The van der Waals surface area contributed by atoms with Gasteiger partial charge in [0, 0.05) is 19.2 Å². The zero-order valence-corrected chi connectivity index (χ0v) is 9.64. The Morgan fingerprint density at radius 2 is 2.00 bits per heavy atom. The van der Waals surface area contributed by atoms with E-state index in [0.717, 1.165) is 12.8 Å². The minimum atomic E-state index is -2.73. The number of sulfone groups is 1. The third kappa shape index (κ3) is 3.94. The van der Waals surface area contributed by atoms with Gasteiger partial charge in [-0.3, -0.25) is 0 Å². The van der Waals surface area contributed by atoms with Crippen molar-refractivity contribution in [2.24, 2.45) is 0 Å². The van der Waals surface area contributed by atoms with Crippen molar-refractivity contribution in [1.29, 1.82) is 0 Å². The molecule has 84 valence electrons. The maximum atomic E-state index is 11.2. The molecule has 1 aliphatic rings. The lowest BCUT2D eigenvalue weighted by atomic mass is 10.1. The minimum Gasteiger partial charge on any atom is -0.383 e. The molecule has 1 N–H and O–H groups in total. The number of rotatable bonds is 4. The van der Waals surface area contributed by atoms with Crippen LogP contribution >= 0.6 is 0 Å². The number of nitrogens with one attached hydrogen (secondary N) is 1. The summed E-state index contributed by atoms with van der Waals surface area (Å²) >= 11 is 0. The zero-order chi connectivity index (χ0) is 10.6. The van der Waals surface area contributed by atoms with Gasteiger partial charge in [0.1, 0.15) is 9.84 Å². The van der Waals surface area contributed by atoms with E-state index in [-0.39, 0.29) is 0 Å². The Labute approximate surface area is 85.9 Å². The van der Waals surface area contributed by atoms with Crippen molar-refractivity contribution < 1.29 is 13.2 Å². The first-order valence-corrected chi connectivity index (χ1v) is 6.81. The van der Waals surface area contributed by atoms with Crippen molar-refractivity contribution in [3.8, 4) is 0 Å². The van der Waals surface area contributed by atoms with Gasteiger partial charge in [-0.15, -0.1) is 0 Å². The Balaban J connectivity index is 2.29. The monoisotopic (exact) mass is 221 g/mol. The SMILES string of the molecule is COCC(C)NC1CCS(=O)(=O)CC1. The summed E-state index contributed by atoms with van der Waals surface area (Å²) in [6.07, 6.45) is 1.47. The van der Waals surface area contributed by atoms with Gasteiger partial charge in [0.25, 0.3) is 0 Å². The lowest BCUT2D eigenvalue weighted by Gasteiger charge is -2.26. The molecule has 1 heterocycles. The molecule has 0 spiro atoms. The van der Waals surface area contributed by atoms with E-state index in [1.807, 2.05) is 6.92 Å². The van der Waals surface area contributed by atoms with E-state index in [2.05, 4.69) is 5.32 Å². The van der Waals surface area contributed by atoms with E-state index >= 15 is 0 Å². The molecule has 14 heavy (non-hydrogen) atoms. The fourth-order valence-electron chi connectivity index (χ4n) is 1.76. The largest absolute Gasteiger partial charge is 0.383 e. The van der Waals surface area contributed by atoms with Crippen LogP contribution < -0.4 is 5.32 Å². The molecule has 1 fully saturated rings. The molecule has 1 atom stereocenters. The van der Waals surface area contributed by atoms with Gasteiger partial charge in [-0.1, -0.05) is 0 Å². The van der Waals surface area contributed by atoms with Gasteiger partial charge in [-0.25, -0.2) is 8.42 Å². The molecule has 0 radical (unpaired) electrons. The molecule has 0 aromatic rings. The second kappa shape index (κ2) is 5.09. The normalized spacial score (nSPS) is 24.7. The van der Waals surface area contributed by atoms with Crippen LogP contribution in [0.4, 0.5) is 0 Å². The van der Waals surface area contributed by atoms with Gasteiger partial charge in [0.05, 0.1) is 18.1 Å². The number of hydrogen-bond acceptors (Lipinski definition) is 4. The fraction of sp³-hybridized carbons (Fsp3) is 1.00. The molecule has 0 aliphatic carbocycles. The van der Waals surface area contributed by atoms with Crippen molar-refractivity contribution in [2.75, 3.05) is 25.2 Å². The highest BCUT2D eigenvalue weighted by molar-refractivity contribution is 7.91. The molecule has 5 heteroatoms. The number of methoxy groups -OCH3 is 1. The first kappa shape index (κ1) is 11.9. The summed E-state index contributed by atoms with van der Waals surface area (Å²) in [5.41, 5.74) is 0. The van der Waals surface area contributed by atoms with Crippen LogP contribution in [0.1, 0.15) is 19.8 Å². The van der Waals surface area contributed by atoms with Crippen LogP contribution in [0.25, 0.3) is 0 Å². The zero-order valence-electron chi connectivity index (χ0n) is 8.82. The summed E-state index contributed by atoms with van der Waals surface area (Å²) in [7, 11) is -1.06. The Morgan fingerprint density at radius 3 is 2.50 bits per heavy atom. The molecule has 0 aromatic heterocycles. The van der Waals surface area contributed by atoms with Gasteiger partial charge in [-0.2, -0.15) is 0 Å². The minimum absolute atomic E-state index is 0.297. The van der Waals surface area contributed by atoms with Crippen LogP contribution in [0, 0.1) is 0 Å². The summed E-state index contributed by atoms with van der Waals surface area (Å²) in [5.74, 6) is 0.648. The number of hydrogen-bond donors (Lipinski definition) is 1. The molecule has 4 nitrogen and oxygen atoms in total. The van der Waals surface area contributed by atoms with Gasteiger partial charge in [0.15, 0.2) is 0 Å². The summed E-state index contributed by atoms with van der Waals surface area (Å²) in [4.78, 5) is 0. The van der Waals surface area contributed by atoms with Gasteiger partial charge in [0.2, 0.25) is 0 Å². The lowest BCUT2D eigenvalue weighted by Crippen LogP contribution is -2.43. The van der Waals surface area contributed by atoms with E-state index in [9.17, 15) is 8.42 Å². The van der Waals surface area contributed by atoms with E-state index in [0.29, 0.717) is 30.2 Å². The standard InChI is InChI=1S/C9H19NO3S/c1-8(7-13-2)10-9-3-5-14(11,12)6-4-9/h8-10H,3-7H2,1-2H3. The van der Waals surface area contributed by atoms with Crippen molar-refractivity contribution in [2.45, 2.75) is 31.8 Å². The van der Waals surface area contributed by atoms with Gasteiger partial charge in [-0.05, 0) is 19.8 Å². The highest BCUT2D eigenvalue weighted by Gasteiger charge is 2.24. The third-order valence-corrected chi connectivity index (χ3v) is 4.21. The van der Waals surface area contributed by atoms with Crippen LogP contribution in [0.5, 0.6) is 0 Å². The first-order valence-electron chi connectivity index (χ1n) is 4.99. The second-order valence-electron chi connectivity index (χ2n) is 3.95. The topological polar surface area (TPSA) is 55.4 Å². The van der Waals surface area contributed by atoms with Crippen LogP contribution in [-0.4, -0.2) is 45.7 Å². The van der Waals surface area contributed by atoms with Crippen molar-refractivity contribution in [3.05, 3.63) is 0 Å². The molecule has 1 rings (SSSR count). The Morgan fingerprint density at radius 1 is 1.43 bits per heavy atom. The Bertz CT molecular complexity index is 249. The van der Waals surface area contributed by atoms with E-state index in [1.165, 1.54) is 0 Å². The molecular formula is C9H19NO3S. The van der Waals surface area contributed by atoms with Gasteiger partial charge < -0.3 is 10.1 Å². The third-order valence-electron chi connectivity index (χ3n) is 2.49. The van der Waals surface area contributed by atoms with E-state index < -0.39 is 9.84 Å². The predicted octanol–water partition coefficient (Wildman–Crippen LogP) is 0.188. The molecule has 1 saturated heterocycles. The van der Waals surface area contributed by atoms with Crippen molar-refractivity contribution in [1.82, 2.24) is 5.32 Å². The summed E-state index contributed by atoms with van der Waals surface area (Å²) in [5, 5.41) is 3.37. The molecule has 1 aliphatic heterocycles. The maximum Gasteiger partial charge on any atom is 0.150 e. The summed E-state index contributed by atoms with van der Waals surface area (Å²) in [6.45, 7) is 2.72. The maximum absolute atomic E-state index is 11.2. The van der Waals surface area contributed by atoms with Crippen LogP contribution in [-0.2, 0) is 14.6 Å². The molecule has 0 aromatic carbocycles.